The summed E-state index contributed by atoms with van der Waals surface area (Å²) in [5.74, 6) is -0.733. The van der Waals surface area contributed by atoms with E-state index in [1.54, 1.807) is 0 Å². The van der Waals surface area contributed by atoms with E-state index in [0.29, 0.717) is 12.8 Å². The number of barbiturate groups is 1. The zero-order valence-electron chi connectivity index (χ0n) is 10.9. The molecule has 0 radical (unpaired) electrons. The summed E-state index contributed by atoms with van der Waals surface area (Å²) in [5.41, 5.74) is 1.26. The van der Waals surface area contributed by atoms with Gasteiger partial charge in [0.1, 0.15) is 5.41 Å². The van der Waals surface area contributed by atoms with Crippen LogP contribution in [0.25, 0.3) is 0 Å². The van der Waals surface area contributed by atoms with Gasteiger partial charge < -0.3 is 0 Å². The number of nitrogens with one attached hydrogen (secondary N) is 1. The second kappa shape index (κ2) is 3.69. The normalized spacial score (nSPS) is 26.7. The number of rotatable bonds is 1. The van der Waals surface area contributed by atoms with Crippen molar-refractivity contribution in [1.29, 1.82) is 0 Å². The second-order valence-corrected chi connectivity index (χ2v) is 5.77. The Morgan fingerprint density at radius 1 is 1.15 bits per heavy atom. The van der Waals surface area contributed by atoms with Crippen LogP contribution in [-0.2, 0) is 16.0 Å². The molecular weight excluding hydrogens is 256 g/mol. The highest BCUT2D eigenvalue weighted by atomic mass is 16.2. The topological polar surface area (TPSA) is 66.5 Å². The van der Waals surface area contributed by atoms with Crippen LogP contribution in [0.5, 0.6) is 0 Å². The average molecular weight is 270 g/mol. The summed E-state index contributed by atoms with van der Waals surface area (Å²) in [6.45, 7) is 0. The van der Waals surface area contributed by atoms with Gasteiger partial charge in [-0.3, -0.25) is 19.8 Å². The number of fused-ring (bicyclic) bond motifs is 1. The number of carbonyl (C=O) groups is 3. The molecule has 20 heavy (non-hydrogen) atoms. The van der Waals surface area contributed by atoms with Crippen molar-refractivity contribution in [1.82, 2.24) is 10.2 Å². The van der Waals surface area contributed by atoms with E-state index in [-0.39, 0.29) is 11.9 Å². The van der Waals surface area contributed by atoms with Crippen LogP contribution in [0.2, 0.25) is 0 Å². The van der Waals surface area contributed by atoms with Crippen LogP contribution in [0, 0.1) is 5.41 Å². The van der Waals surface area contributed by atoms with Crippen LogP contribution in [0.1, 0.15) is 36.4 Å². The molecule has 1 spiro atoms. The zero-order chi connectivity index (χ0) is 13.9. The molecule has 0 aromatic heterocycles. The lowest BCUT2D eigenvalue weighted by Gasteiger charge is -2.34. The Morgan fingerprint density at radius 3 is 2.65 bits per heavy atom. The summed E-state index contributed by atoms with van der Waals surface area (Å²) in [6.07, 6.45) is 2.70. The van der Waals surface area contributed by atoms with Gasteiger partial charge in [0, 0.05) is 0 Å². The molecule has 1 heterocycles. The maximum atomic E-state index is 12.6. The van der Waals surface area contributed by atoms with E-state index in [2.05, 4.69) is 5.32 Å². The fourth-order valence-electron chi connectivity index (χ4n) is 3.35. The molecule has 5 heteroatoms. The van der Waals surface area contributed by atoms with Gasteiger partial charge in [0.25, 0.3) is 0 Å². The lowest BCUT2D eigenvalue weighted by molar-refractivity contribution is -0.146. The van der Waals surface area contributed by atoms with Crippen LogP contribution in [0.15, 0.2) is 24.3 Å². The molecule has 1 N–H and O–H groups in total. The monoisotopic (exact) mass is 270 g/mol. The summed E-state index contributed by atoms with van der Waals surface area (Å²) in [5, 5.41) is 2.35. The molecule has 1 atom stereocenters. The summed E-state index contributed by atoms with van der Waals surface area (Å²) < 4.78 is 0. The van der Waals surface area contributed by atoms with E-state index in [1.165, 1.54) is 10.5 Å². The molecule has 0 bridgehead atoms. The Hall–Kier alpha value is -2.17. The van der Waals surface area contributed by atoms with Crippen LogP contribution < -0.4 is 5.32 Å². The van der Waals surface area contributed by atoms with E-state index in [0.717, 1.165) is 18.4 Å². The Labute approximate surface area is 115 Å². The van der Waals surface area contributed by atoms with Gasteiger partial charge in [0.2, 0.25) is 11.8 Å². The molecule has 1 aromatic rings. The quantitative estimate of drug-likeness (QED) is 0.787. The van der Waals surface area contributed by atoms with Gasteiger partial charge >= 0.3 is 6.03 Å². The van der Waals surface area contributed by atoms with Gasteiger partial charge in [-0.25, -0.2) is 4.79 Å². The first-order valence-electron chi connectivity index (χ1n) is 6.90. The Morgan fingerprint density at radius 2 is 1.90 bits per heavy atom. The number of hydrogen-bond donors (Lipinski definition) is 1. The summed E-state index contributed by atoms with van der Waals surface area (Å²) in [4.78, 5) is 37.8. The highest BCUT2D eigenvalue weighted by Gasteiger charge is 2.63. The first-order valence-corrected chi connectivity index (χ1v) is 6.90. The van der Waals surface area contributed by atoms with Crippen molar-refractivity contribution in [3.8, 4) is 0 Å². The molecule has 2 aliphatic carbocycles. The highest BCUT2D eigenvalue weighted by molar-refractivity contribution is 6.21. The first-order chi connectivity index (χ1) is 9.63. The minimum atomic E-state index is -0.953. The van der Waals surface area contributed by atoms with Crippen molar-refractivity contribution < 1.29 is 14.4 Å². The number of benzene rings is 1. The molecule has 3 aliphatic rings. The van der Waals surface area contributed by atoms with E-state index in [4.69, 9.17) is 0 Å². The van der Waals surface area contributed by atoms with E-state index >= 15 is 0 Å². The lowest BCUT2D eigenvalue weighted by Crippen LogP contribution is -2.59. The van der Waals surface area contributed by atoms with E-state index in [1.807, 2.05) is 24.3 Å². The fraction of sp³-hybridized carbons (Fsp3) is 0.400. The van der Waals surface area contributed by atoms with Crippen LogP contribution in [-0.4, -0.2) is 22.7 Å². The summed E-state index contributed by atoms with van der Waals surface area (Å²) >= 11 is 0. The van der Waals surface area contributed by atoms with Gasteiger partial charge in [0.05, 0.1) is 6.04 Å². The molecule has 1 aliphatic heterocycles. The van der Waals surface area contributed by atoms with Crippen molar-refractivity contribution in [3.05, 3.63) is 35.4 Å². The molecule has 1 unspecified atom stereocenters. The third kappa shape index (κ3) is 1.35. The number of hydrogen-bond acceptors (Lipinski definition) is 3. The first kappa shape index (κ1) is 11.6. The number of amides is 4. The fourth-order valence-corrected chi connectivity index (χ4v) is 3.35. The third-order valence-electron chi connectivity index (χ3n) is 4.66. The van der Waals surface area contributed by atoms with Gasteiger partial charge in [0.15, 0.2) is 0 Å². The Bertz CT molecular complexity index is 648. The number of imide groups is 2. The third-order valence-corrected chi connectivity index (χ3v) is 4.66. The summed E-state index contributed by atoms with van der Waals surface area (Å²) in [7, 11) is 0. The molecule has 1 aromatic carbocycles. The SMILES string of the molecule is O=C1NC(=O)C2(CC2)C(=O)N1C1CCc2ccccc21. The molecular formula is C15H14N2O3. The minimum Gasteiger partial charge on any atom is -0.277 e. The maximum Gasteiger partial charge on any atom is 0.331 e. The van der Waals surface area contributed by atoms with E-state index in [9.17, 15) is 14.4 Å². The molecule has 4 rings (SSSR count). The van der Waals surface area contributed by atoms with Crippen molar-refractivity contribution in [2.75, 3.05) is 0 Å². The Balaban J connectivity index is 1.74. The average Bonchev–Trinajstić information content (AvgIpc) is 3.14. The van der Waals surface area contributed by atoms with Crippen LogP contribution >= 0.6 is 0 Å². The predicted molar refractivity (Wildman–Crippen MR) is 69.6 cm³/mol. The highest BCUT2D eigenvalue weighted by Crippen LogP contribution is 2.51. The largest absolute Gasteiger partial charge is 0.331 e. The van der Waals surface area contributed by atoms with Gasteiger partial charge in [-0.05, 0) is 36.8 Å². The minimum absolute atomic E-state index is 0.232. The summed E-state index contributed by atoms with van der Waals surface area (Å²) in [6, 6.07) is 7.07. The smallest absolute Gasteiger partial charge is 0.277 e. The zero-order valence-corrected chi connectivity index (χ0v) is 10.9. The predicted octanol–water partition coefficient (Wildman–Crippen LogP) is 1.53. The van der Waals surface area contributed by atoms with Crippen LogP contribution in [0.4, 0.5) is 4.79 Å². The van der Waals surface area contributed by atoms with Crippen molar-refractivity contribution in [2.24, 2.45) is 5.41 Å². The Kier molecular flexibility index (Phi) is 2.14. The maximum absolute atomic E-state index is 12.6. The number of urea groups is 1. The number of nitrogens with zero attached hydrogens (tertiary/aromatic N) is 1. The van der Waals surface area contributed by atoms with Gasteiger partial charge in [-0.2, -0.15) is 0 Å². The second-order valence-electron chi connectivity index (χ2n) is 5.77. The van der Waals surface area contributed by atoms with Gasteiger partial charge in [-0.1, -0.05) is 24.3 Å². The lowest BCUT2D eigenvalue weighted by atomic mass is 9.98. The molecule has 102 valence electrons. The molecule has 4 amide bonds. The number of carbonyl (C=O) groups excluding carboxylic acids is 3. The van der Waals surface area contributed by atoms with E-state index < -0.39 is 17.4 Å². The molecule has 1 saturated heterocycles. The van der Waals surface area contributed by atoms with Gasteiger partial charge in [-0.15, -0.1) is 0 Å². The standard InChI is InChI=1S/C15H14N2O3/c18-12-15(7-8-15)13(19)17(14(20)16-12)11-6-5-9-3-1-2-4-10(9)11/h1-4,11H,5-8H2,(H,16,18,20). The number of aryl methyl sites for hydroxylation is 1. The molecule has 1 saturated carbocycles. The molecule has 2 fully saturated rings. The van der Waals surface area contributed by atoms with Crippen molar-refractivity contribution in [3.63, 3.8) is 0 Å². The van der Waals surface area contributed by atoms with Crippen LogP contribution in [0.3, 0.4) is 0 Å². The molecule has 5 nitrogen and oxygen atoms in total. The van der Waals surface area contributed by atoms with Crippen molar-refractivity contribution in [2.45, 2.75) is 31.7 Å². The van der Waals surface area contributed by atoms with Crippen molar-refractivity contribution >= 4 is 17.8 Å².